The molecule has 1 aliphatic carbocycles. The molecule has 0 saturated carbocycles. The van der Waals surface area contributed by atoms with Crippen LogP contribution in [0, 0.1) is 6.92 Å². The Morgan fingerprint density at radius 3 is 2.12 bits per heavy atom. The Morgan fingerprint density at radius 1 is 0.612 bits per heavy atom. The average Bonchev–Trinajstić information content (AvgIpc) is 3.67. The predicted molar refractivity (Wildman–Crippen MR) is 202 cm³/mol. The van der Waals surface area contributed by atoms with E-state index in [1.54, 1.807) is 0 Å². The summed E-state index contributed by atoms with van der Waals surface area (Å²) in [6, 6.07) is 54.6. The molecular formula is C45H32N4. The average molecular weight is 629 g/mol. The SMILES string of the molecule is Cc1ccc(-c2ccc3c(c2)c2ccccc2n3C2Cc3cccc4c3C(=N2)c2ncccc2-4)cc1N(c1ccccc1)c1ccccc1. The molecule has 232 valence electrons. The van der Waals surface area contributed by atoms with Crippen LogP contribution in [-0.4, -0.2) is 15.3 Å². The fourth-order valence-electron chi connectivity index (χ4n) is 7.99. The van der Waals surface area contributed by atoms with Crippen LogP contribution in [0.2, 0.25) is 0 Å². The molecule has 1 atom stereocenters. The smallest absolute Gasteiger partial charge is 0.130 e. The Balaban J connectivity index is 1.12. The number of aromatic nitrogens is 2. The zero-order valence-corrected chi connectivity index (χ0v) is 27.1. The second-order valence-corrected chi connectivity index (χ2v) is 13.0. The molecule has 2 aliphatic rings. The van der Waals surface area contributed by atoms with E-state index in [0.29, 0.717) is 0 Å². The molecule has 0 N–H and O–H groups in total. The van der Waals surface area contributed by atoms with E-state index in [1.165, 1.54) is 66.4 Å². The Hall–Kier alpha value is -6.26. The summed E-state index contributed by atoms with van der Waals surface area (Å²) in [6.07, 6.45) is 2.65. The molecule has 10 rings (SSSR count). The van der Waals surface area contributed by atoms with Gasteiger partial charge in [0.05, 0.1) is 22.4 Å². The monoisotopic (exact) mass is 628 g/mol. The third kappa shape index (κ3) is 4.31. The Kier molecular flexibility index (Phi) is 6.18. The second-order valence-electron chi connectivity index (χ2n) is 13.0. The van der Waals surface area contributed by atoms with E-state index >= 15 is 0 Å². The molecule has 0 radical (unpaired) electrons. The summed E-state index contributed by atoms with van der Waals surface area (Å²) in [5, 5.41) is 2.48. The number of nitrogens with zero attached hydrogens (tertiary/aromatic N) is 4. The van der Waals surface area contributed by atoms with E-state index in [0.717, 1.165) is 29.2 Å². The van der Waals surface area contributed by atoms with E-state index in [2.05, 4.69) is 162 Å². The number of hydrogen-bond acceptors (Lipinski definition) is 3. The van der Waals surface area contributed by atoms with E-state index in [-0.39, 0.29) is 6.17 Å². The first-order valence-corrected chi connectivity index (χ1v) is 16.9. The molecule has 0 bridgehead atoms. The summed E-state index contributed by atoms with van der Waals surface area (Å²) in [4.78, 5) is 12.6. The molecule has 0 spiro atoms. The maximum atomic E-state index is 5.47. The first kappa shape index (κ1) is 27.8. The number of benzene rings is 6. The normalized spacial score (nSPS) is 14.5. The topological polar surface area (TPSA) is 33.4 Å². The fourth-order valence-corrected chi connectivity index (χ4v) is 7.99. The van der Waals surface area contributed by atoms with Crippen molar-refractivity contribution in [1.29, 1.82) is 0 Å². The first-order chi connectivity index (χ1) is 24.2. The van der Waals surface area contributed by atoms with Crippen molar-refractivity contribution in [3.8, 4) is 22.3 Å². The largest absolute Gasteiger partial charge is 0.317 e. The number of anilines is 3. The van der Waals surface area contributed by atoms with Crippen LogP contribution in [0.1, 0.15) is 28.6 Å². The molecule has 4 nitrogen and oxygen atoms in total. The van der Waals surface area contributed by atoms with Crippen LogP contribution in [0.3, 0.4) is 0 Å². The van der Waals surface area contributed by atoms with Crippen molar-refractivity contribution in [2.45, 2.75) is 19.5 Å². The number of para-hydroxylation sites is 3. The number of aryl methyl sites for hydroxylation is 1. The molecule has 8 aromatic rings. The summed E-state index contributed by atoms with van der Waals surface area (Å²) in [6.45, 7) is 2.19. The van der Waals surface area contributed by atoms with Gasteiger partial charge in [-0.05, 0) is 89.3 Å². The third-order valence-corrected chi connectivity index (χ3v) is 10.2. The number of fused-ring (bicyclic) bond motifs is 6. The van der Waals surface area contributed by atoms with Crippen molar-refractivity contribution in [2.24, 2.45) is 4.99 Å². The van der Waals surface area contributed by atoms with Crippen LogP contribution in [0.5, 0.6) is 0 Å². The quantitative estimate of drug-likeness (QED) is 0.190. The Morgan fingerprint density at radius 2 is 1.31 bits per heavy atom. The van der Waals surface area contributed by atoms with Gasteiger partial charge in [0.2, 0.25) is 0 Å². The number of aliphatic imine (C=N–C) groups is 1. The number of hydrogen-bond donors (Lipinski definition) is 0. The maximum Gasteiger partial charge on any atom is 0.130 e. The van der Waals surface area contributed by atoms with Crippen molar-refractivity contribution in [3.05, 3.63) is 180 Å². The molecule has 1 unspecified atom stereocenters. The zero-order chi connectivity index (χ0) is 32.5. The van der Waals surface area contributed by atoms with Gasteiger partial charge in [-0.3, -0.25) is 9.98 Å². The van der Waals surface area contributed by atoms with Gasteiger partial charge in [0.1, 0.15) is 6.17 Å². The van der Waals surface area contributed by atoms with Crippen LogP contribution in [-0.2, 0) is 6.42 Å². The molecule has 0 fully saturated rings. The lowest BCUT2D eigenvalue weighted by Crippen LogP contribution is -2.19. The van der Waals surface area contributed by atoms with Gasteiger partial charge in [-0.25, -0.2) is 0 Å². The van der Waals surface area contributed by atoms with E-state index < -0.39 is 0 Å². The van der Waals surface area contributed by atoms with Crippen LogP contribution in [0.25, 0.3) is 44.1 Å². The Bertz CT molecular complexity index is 2560. The summed E-state index contributed by atoms with van der Waals surface area (Å²) >= 11 is 0. The molecule has 2 aromatic heterocycles. The van der Waals surface area contributed by atoms with Gasteiger partial charge in [0.15, 0.2) is 0 Å². The van der Waals surface area contributed by atoms with Gasteiger partial charge < -0.3 is 9.47 Å². The van der Waals surface area contributed by atoms with Gasteiger partial charge in [-0.15, -0.1) is 0 Å². The highest BCUT2D eigenvalue weighted by atomic mass is 15.2. The molecule has 1 aliphatic heterocycles. The highest BCUT2D eigenvalue weighted by Gasteiger charge is 2.34. The standard InChI is InChI=1S/C45H32N4/c1-29-21-22-31(27-41(29)48(33-13-4-2-5-14-33)34-15-6-3-7-16-34)30-23-24-40-38(26-30)35-17-8-9-20-39(35)49(40)42-28-32-12-10-18-36-37-19-11-25-46-44(37)45(47-42)43(32)36/h2-27,42H,28H2,1H3. The first-order valence-electron chi connectivity index (χ1n) is 16.9. The summed E-state index contributed by atoms with van der Waals surface area (Å²) in [5.74, 6) is 0. The third-order valence-electron chi connectivity index (χ3n) is 10.2. The number of rotatable bonds is 5. The lowest BCUT2D eigenvalue weighted by molar-refractivity contribution is 0.547. The van der Waals surface area contributed by atoms with Crippen LogP contribution in [0.4, 0.5) is 17.1 Å². The van der Waals surface area contributed by atoms with Crippen molar-refractivity contribution in [3.63, 3.8) is 0 Å². The lowest BCUT2D eigenvalue weighted by Gasteiger charge is -2.27. The minimum atomic E-state index is -0.0739. The van der Waals surface area contributed by atoms with E-state index in [4.69, 9.17) is 9.98 Å². The van der Waals surface area contributed by atoms with Gasteiger partial charge in [0.25, 0.3) is 0 Å². The summed E-state index contributed by atoms with van der Waals surface area (Å²) in [7, 11) is 0. The van der Waals surface area contributed by atoms with Crippen molar-refractivity contribution in [2.75, 3.05) is 4.90 Å². The fraction of sp³-hybridized carbons (Fsp3) is 0.0667. The van der Waals surface area contributed by atoms with Crippen LogP contribution < -0.4 is 4.90 Å². The molecular weight excluding hydrogens is 597 g/mol. The molecule has 3 heterocycles. The molecule has 0 saturated heterocycles. The molecule has 0 amide bonds. The van der Waals surface area contributed by atoms with E-state index in [1.807, 2.05) is 12.3 Å². The van der Waals surface area contributed by atoms with E-state index in [9.17, 15) is 0 Å². The van der Waals surface area contributed by atoms with Gasteiger partial charge in [-0.1, -0.05) is 97.1 Å². The number of pyridine rings is 1. The minimum Gasteiger partial charge on any atom is -0.317 e. The molecule has 4 heteroatoms. The van der Waals surface area contributed by atoms with Gasteiger partial charge in [0, 0.05) is 51.6 Å². The zero-order valence-electron chi connectivity index (χ0n) is 27.1. The molecule has 6 aromatic carbocycles. The molecule has 49 heavy (non-hydrogen) atoms. The summed E-state index contributed by atoms with van der Waals surface area (Å²) in [5.41, 5.74) is 16.5. The Labute approximate surface area is 285 Å². The highest BCUT2D eigenvalue weighted by molar-refractivity contribution is 6.24. The van der Waals surface area contributed by atoms with Gasteiger partial charge in [-0.2, -0.15) is 0 Å². The highest BCUT2D eigenvalue weighted by Crippen LogP contribution is 2.45. The lowest BCUT2D eigenvalue weighted by atomic mass is 9.95. The predicted octanol–water partition coefficient (Wildman–Crippen LogP) is 11.2. The van der Waals surface area contributed by atoms with Crippen molar-refractivity contribution < 1.29 is 0 Å². The second kappa shape index (κ2) is 10.9. The van der Waals surface area contributed by atoms with Crippen LogP contribution in [0.15, 0.2) is 163 Å². The summed E-state index contributed by atoms with van der Waals surface area (Å²) < 4.78 is 2.45. The van der Waals surface area contributed by atoms with Crippen molar-refractivity contribution >= 4 is 44.6 Å². The maximum absolute atomic E-state index is 5.47. The van der Waals surface area contributed by atoms with Crippen LogP contribution >= 0.6 is 0 Å². The minimum absolute atomic E-state index is 0.0739. The van der Waals surface area contributed by atoms with Gasteiger partial charge >= 0.3 is 0 Å². The van der Waals surface area contributed by atoms with Crippen molar-refractivity contribution in [1.82, 2.24) is 9.55 Å².